The third kappa shape index (κ3) is 4.63. The van der Waals surface area contributed by atoms with Crippen LogP contribution in [0.15, 0.2) is 61.2 Å². The van der Waals surface area contributed by atoms with E-state index in [0.29, 0.717) is 0 Å². The van der Waals surface area contributed by atoms with Crippen LogP contribution >= 0.6 is 0 Å². The van der Waals surface area contributed by atoms with Crippen LogP contribution < -0.4 is 0 Å². The van der Waals surface area contributed by atoms with E-state index in [1.165, 1.54) is 11.1 Å². The van der Waals surface area contributed by atoms with Gasteiger partial charge in [-0.25, -0.2) is 4.79 Å². The molecule has 0 aliphatic rings. The summed E-state index contributed by atoms with van der Waals surface area (Å²) in [6.07, 6.45) is 1.82. The lowest BCUT2D eigenvalue weighted by Gasteiger charge is -2.08. The zero-order chi connectivity index (χ0) is 15.7. The average molecular weight is 279 g/mol. The second-order valence-electron chi connectivity index (χ2n) is 4.21. The molecule has 0 aliphatic carbocycles. The fourth-order valence-electron chi connectivity index (χ4n) is 1.91. The van der Waals surface area contributed by atoms with E-state index in [4.69, 9.17) is 10.4 Å². The van der Waals surface area contributed by atoms with Crippen molar-refractivity contribution >= 4 is 5.97 Å². The summed E-state index contributed by atoms with van der Waals surface area (Å²) in [7, 11) is 0. The van der Waals surface area contributed by atoms with E-state index in [0.717, 1.165) is 23.6 Å². The van der Waals surface area contributed by atoms with Gasteiger partial charge in [-0.3, -0.25) is 0 Å². The van der Waals surface area contributed by atoms with Crippen molar-refractivity contribution in [3.63, 3.8) is 0 Å². The largest absolute Gasteiger partial charge is 0.478 e. The smallest absolute Gasteiger partial charge is 0.327 e. The molecule has 1 N–H and O–H groups in total. The lowest BCUT2D eigenvalue weighted by molar-refractivity contribution is -0.131. The van der Waals surface area contributed by atoms with Crippen molar-refractivity contribution in [3.05, 3.63) is 72.3 Å². The van der Waals surface area contributed by atoms with E-state index in [-0.39, 0.29) is 0 Å². The number of rotatable bonds is 3. The monoisotopic (exact) mass is 279 g/mol. The molecule has 0 unspecified atom stereocenters. The standard InChI is InChI=1S/C15H13N.C3H4O2/c1-2-12-7-3-5-9-14(12)15-10-6-4-8-13(15)11-16;1-2-3(4)5/h3-10H,2H2,1H3;2H,1H2,(H,4,5). The van der Waals surface area contributed by atoms with Crippen LogP contribution in [0.5, 0.6) is 0 Å². The fourth-order valence-corrected chi connectivity index (χ4v) is 1.91. The van der Waals surface area contributed by atoms with Crippen molar-refractivity contribution in [1.82, 2.24) is 0 Å². The van der Waals surface area contributed by atoms with Crippen LogP contribution in [0.3, 0.4) is 0 Å². The Balaban J connectivity index is 0.000000383. The molecule has 3 nitrogen and oxygen atoms in total. The molecule has 0 fully saturated rings. The summed E-state index contributed by atoms with van der Waals surface area (Å²) in [5.41, 5.74) is 4.22. The quantitative estimate of drug-likeness (QED) is 0.862. The molecule has 2 rings (SSSR count). The maximum atomic E-state index is 9.25. The fraction of sp³-hybridized carbons (Fsp3) is 0.111. The molecule has 2 aromatic carbocycles. The van der Waals surface area contributed by atoms with E-state index < -0.39 is 5.97 Å². The molecule has 21 heavy (non-hydrogen) atoms. The van der Waals surface area contributed by atoms with E-state index in [2.05, 4.69) is 31.7 Å². The van der Waals surface area contributed by atoms with Gasteiger partial charge < -0.3 is 5.11 Å². The van der Waals surface area contributed by atoms with Crippen molar-refractivity contribution in [3.8, 4) is 17.2 Å². The SMILES string of the molecule is C=CC(=O)O.CCc1ccccc1-c1ccccc1C#N. The molecule has 0 heterocycles. The van der Waals surface area contributed by atoms with Crippen molar-refractivity contribution < 1.29 is 9.90 Å². The summed E-state index contributed by atoms with van der Waals surface area (Å²) in [5.74, 6) is -0.981. The third-order valence-electron chi connectivity index (χ3n) is 2.91. The minimum absolute atomic E-state index is 0.739. The minimum atomic E-state index is -0.981. The molecule has 0 radical (unpaired) electrons. The molecule has 0 atom stereocenters. The van der Waals surface area contributed by atoms with Crippen LogP contribution in [-0.4, -0.2) is 11.1 Å². The van der Waals surface area contributed by atoms with E-state index in [9.17, 15) is 4.79 Å². The Kier molecular flexibility index (Phi) is 6.43. The molecule has 3 heteroatoms. The molecule has 2 aromatic rings. The van der Waals surface area contributed by atoms with E-state index in [1.807, 2.05) is 36.4 Å². The first kappa shape index (κ1) is 16.2. The molecule has 0 amide bonds. The summed E-state index contributed by atoms with van der Waals surface area (Å²) in [6.45, 7) is 5.09. The molecule has 0 bridgehead atoms. The van der Waals surface area contributed by atoms with Gasteiger partial charge >= 0.3 is 5.97 Å². The van der Waals surface area contributed by atoms with Gasteiger partial charge in [0.1, 0.15) is 0 Å². The normalized spacial score (nSPS) is 8.95. The molecular weight excluding hydrogens is 262 g/mol. The zero-order valence-electron chi connectivity index (χ0n) is 11.9. The molecule has 0 aromatic heterocycles. The first-order valence-electron chi connectivity index (χ1n) is 6.56. The van der Waals surface area contributed by atoms with Gasteiger partial charge in [-0.2, -0.15) is 5.26 Å². The summed E-state index contributed by atoms with van der Waals surface area (Å²) < 4.78 is 0. The van der Waals surface area contributed by atoms with Gasteiger partial charge in [0, 0.05) is 6.08 Å². The molecule has 0 aliphatic heterocycles. The lowest BCUT2D eigenvalue weighted by atomic mass is 9.95. The van der Waals surface area contributed by atoms with E-state index in [1.54, 1.807) is 0 Å². The van der Waals surface area contributed by atoms with Crippen molar-refractivity contribution in [2.24, 2.45) is 0 Å². The number of aryl methyl sites for hydroxylation is 1. The maximum Gasteiger partial charge on any atom is 0.327 e. The lowest BCUT2D eigenvalue weighted by Crippen LogP contribution is -1.89. The van der Waals surface area contributed by atoms with E-state index >= 15 is 0 Å². The predicted octanol–water partition coefficient (Wildman–Crippen LogP) is 4.04. The minimum Gasteiger partial charge on any atom is -0.478 e. The third-order valence-corrected chi connectivity index (χ3v) is 2.91. The molecule has 0 spiro atoms. The van der Waals surface area contributed by atoms with Crippen LogP contribution in [0.4, 0.5) is 0 Å². The Morgan fingerprint density at radius 1 is 1.19 bits per heavy atom. The highest BCUT2D eigenvalue weighted by Gasteiger charge is 2.06. The van der Waals surface area contributed by atoms with Crippen LogP contribution in [0.25, 0.3) is 11.1 Å². The number of hydrogen-bond donors (Lipinski definition) is 1. The van der Waals surface area contributed by atoms with Gasteiger partial charge in [0.15, 0.2) is 0 Å². The van der Waals surface area contributed by atoms with Gasteiger partial charge in [-0.15, -0.1) is 0 Å². The van der Waals surface area contributed by atoms with Gasteiger partial charge in [-0.05, 0) is 29.2 Å². The number of hydrogen-bond acceptors (Lipinski definition) is 2. The van der Waals surface area contributed by atoms with Crippen LogP contribution in [-0.2, 0) is 11.2 Å². The number of carboxylic acids is 1. The van der Waals surface area contributed by atoms with Gasteiger partial charge in [-0.1, -0.05) is 56.0 Å². The second-order valence-corrected chi connectivity index (χ2v) is 4.21. The number of aliphatic carboxylic acids is 1. The number of nitriles is 1. The second kappa shape index (κ2) is 8.34. The number of carboxylic acid groups (broad SMARTS) is 1. The Hall–Kier alpha value is -2.86. The summed E-state index contributed by atoms with van der Waals surface area (Å²) >= 11 is 0. The first-order chi connectivity index (χ1) is 10.1. The maximum absolute atomic E-state index is 9.25. The molecular formula is C18H17NO2. The van der Waals surface area contributed by atoms with Crippen LogP contribution in [0, 0.1) is 11.3 Å². The highest BCUT2D eigenvalue weighted by Crippen LogP contribution is 2.26. The molecule has 106 valence electrons. The Morgan fingerprint density at radius 2 is 1.71 bits per heavy atom. The number of carbonyl (C=O) groups is 1. The van der Waals surface area contributed by atoms with Gasteiger partial charge in [0.05, 0.1) is 11.6 Å². The van der Waals surface area contributed by atoms with Gasteiger partial charge in [0.2, 0.25) is 0 Å². The summed E-state index contributed by atoms with van der Waals surface area (Å²) in [4.78, 5) is 9.25. The average Bonchev–Trinajstić information content (AvgIpc) is 2.55. The Morgan fingerprint density at radius 3 is 2.24 bits per heavy atom. The Bertz CT molecular complexity index is 669. The zero-order valence-corrected chi connectivity index (χ0v) is 11.9. The summed E-state index contributed by atoms with van der Waals surface area (Å²) in [6, 6.07) is 18.2. The van der Waals surface area contributed by atoms with Crippen molar-refractivity contribution in [2.75, 3.05) is 0 Å². The molecule has 0 saturated carbocycles. The molecule has 0 saturated heterocycles. The van der Waals surface area contributed by atoms with Crippen molar-refractivity contribution in [2.45, 2.75) is 13.3 Å². The highest BCUT2D eigenvalue weighted by molar-refractivity contribution is 5.78. The van der Waals surface area contributed by atoms with Crippen molar-refractivity contribution in [1.29, 1.82) is 5.26 Å². The number of benzene rings is 2. The van der Waals surface area contributed by atoms with Crippen LogP contribution in [0.2, 0.25) is 0 Å². The predicted molar refractivity (Wildman–Crippen MR) is 83.8 cm³/mol. The Labute approximate surface area is 124 Å². The first-order valence-corrected chi connectivity index (χ1v) is 6.56. The topological polar surface area (TPSA) is 61.1 Å². The summed E-state index contributed by atoms with van der Waals surface area (Å²) in [5, 5.41) is 16.7. The van der Waals surface area contributed by atoms with Gasteiger partial charge in [0.25, 0.3) is 0 Å². The highest BCUT2D eigenvalue weighted by atomic mass is 16.4. The van der Waals surface area contributed by atoms with Crippen LogP contribution in [0.1, 0.15) is 18.1 Å². The number of nitrogens with zero attached hydrogens (tertiary/aromatic N) is 1.